The molecule has 2 rings (SSSR count). The molecule has 0 saturated carbocycles. The first-order chi connectivity index (χ1) is 10.1. The third-order valence-electron chi connectivity index (χ3n) is 2.87. The molecule has 0 aromatic heterocycles. The van der Waals surface area contributed by atoms with Crippen LogP contribution in [0.2, 0.25) is 0 Å². The summed E-state index contributed by atoms with van der Waals surface area (Å²) in [5.41, 5.74) is 7.00. The largest absolute Gasteiger partial charge is 0.490 e. The molecule has 1 atom stereocenters. The van der Waals surface area contributed by atoms with Crippen molar-refractivity contribution in [2.45, 2.75) is 19.4 Å². The van der Waals surface area contributed by atoms with Crippen molar-refractivity contribution in [2.24, 2.45) is 5.73 Å². The fourth-order valence-corrected chi connectivity index (χ4v) is 2.39. The molecule has 0 fully saturated rings. The number of hydrogen-bond acceptors (Lipinski definition) is 3. The van der Waals surface area contributed by atoms with Crippen LogP contribution in [0, 0.1) is 0 Å². The van der Waals surface area contributed by atoms with Crippen LogP contribution in [0.25, 0.3) is 0 Å². The minimum absolute atomic E-state index is 0.153. The molecule has 0 bridgehead atoms. The molecule has 0 saturated heterocycles. The quantitative estimate of drug-likeness (QED) is 0.773. The lowest BCUT2D eigenvalue weighted by molar-refractivity contribution is 0.217. The van der Waals surface area contributed by atoms with Gasteiger partial charge in [-0.1, -0.05) is 34.1 Å². The summed E-state index contributed by atoms with van der Waals surface area (Å²) in [4.78, 5) is 0. The Morgan fingerprint density at radius 1 is 1.00 bits per heavy atom. The standard InChI is InChI=1S/C17H20BrNO2/c1-13(19)10-14-4-2-6-16(11-14)20-8-9-21-17-7-3-5-15(18)12-17/h2-7,11-13H,8-10,19H2,1H3. The van der Waals surface area contributed by atoms with Gasteiger partial charge in [-0.15, -0.1) is 0 Å². The molecule has 0 spiro atoms. The van der Waals surface area contributed by atoms with Gasteiger partial charge in [0, 0.05) is 10.5 Å². The SMILES string of the molecule is CC(N)Cc1cccc(OCCOc2cccc(Br)c2)c1. The zero-order valence-corrected chi connectivity index (χ0v) is 13.7. The molecule has 3 nitrogen and oxygen atoms in total. The van der Waals surface area contributed by atoms with E-state index >= 15 is 0 Å². The Morgan fingerprint density at radius 3 is 2.24 bits per heavy atom. The summed E-state index contributed by atoms with van der Waals surface area (Å²) >= 11 is 3.41. The summed E-state index contributed by atoms with van der Waals surface area (Å²) < 4.78 is 12.3. The summed E-state index contributed by atoms with van der Waals surface area (Å²) in [6.07, 6.45) is 0.853. The molecule has 21 heavy (non-hydrogen) atoms. The van der Waals surface area contributed by atoms with E-state index in [1.165, 1.54) is 5.56 Å². The monoisotopic (exact) mass is 349 g/mol. The highest BCUT2D eigenvalue weighted by molar-refractivity contribution is 9.10. The zero-order valence-electron chi connectivity index (χ0n) is 12.1. The molecule has 112 valence electrons. The Balaban J connectivity index is 1.78. The van der Waals surface area contributed by atoms with E-state index in [1.807, 2.05) is 49.4 Å². The molecule has 0 aliphatic rings. The highest BCUT2D eigenvalue weighted by Crippen LogP contribution is 2.18. The van der Waals surface area contributed by atoms with Gasteiger partial charge in [0.2, 0.25) is 0 Å². The maximum absolute atomic E-state index is 5.81. The lowest BCUT2D eigenvalue weighted by Crippen LogP contribution is -2.17. The van der Waals surface area contributed by atoms with Crippen LogP contribution in [-0.2, 0) is 6.42 Å². The molecule has 2 aromatic carbocycles. The molecule has 0 amide bonds. The van der Waals surface area contributed by atoms with Gasteiger partial charge in [0.25, 0.3) is 0 Å². The van der Waals surface area contributed by atoms with E-state index in [0.29, 0.717) is 13.2 Å². The Bertz CT molecular complexity index is 572. The summed E-state index contributed by atoms with van der Waals surface area (Å²) in [5.74, 6) is 1.68. The molecule has 4 heteroatoms. The molecular formula is C17H20BrNO2. The lowest BCUT2D eigenvalue weighted by Gasteiger charge is -2.10. The van der Waals surface area contributed by atoms with Gasteiger partial charge in [-0.2, -0.15) is 0 Å². The van der Waals surface area contributed by atoms with Crippen LogP contribution in [0.5, 0.6) is 11.5 Å². The van der Waals surface area contributed by atoms with E-state index in [0.717, 1.165) is 22.4 Å². The highest BCUT2D eigenvalue weighted by atomic mass is 79.9. The molecule has 2 N–H and O–H groups in total. The van der Waals surface area contributed by atoms with Gasteiger partial charge in [-0.05, 0) is 49.2 Å². The third-order valence-corrected chi connectivity index (χ3v) is 3.37. The minimum atomic E-state index is 0.153. The minimum Gasteiger partial charge on any atom is -0.490 e. The van der Waals surface area contributed by atoms with E-state index in [9.17, 15) is 0 Å². The predicted molar refractivity (Wildman–Crippen MR) is 88.9 cm³/mol. The van der Waals surface area contributed by atoms with Crippen molar-refractivity contribution in [3.63, 3.8) is 0 Å². The number of benzene rings is 2. The van der Waals surface area contributed by atoms with Crippen molar-refractivity contribution in [2.75, 3.05) is 13.2 Å². The summed E-state index contributed by atoms with van der Waals surface area (Å²) in [6.45, 7) is 3.02. The van der Waals surface area contributed by atoms with Crippen LogP contribution in [0.3, 0.4) is 0 Å². The van der Waals surface area contributed by atoms with Crippen molar-refractivity contribution < 1.29 is 9.47 Å². The van der Waals surface area contributed by atoms with Gasteiger partial charge in [0.05, 0.1) is 0 Å². The second-order valence-corrected chi connectivity index (χ2v) is 5.90. The Labute approximate surface area is 134 Å². The van der Waals surface area contributed by atoms with Gasteiger partial charge in [0.1, 0.15) is 24.7 Å². The Morgan fingerprint density at radius 2 is 1.62 bits per heavy atom. The van der Waals surface area contributed by atoms with Crippen molar-refractivity contribution in [3.05, 3.63) is 58.6 Å². The molecular weight excluding hydrogens is 330 g/mol. The first kappa shape index (κ1) is 15.9. The van der Waals surface area contributed by atoms with E-state index in [2.05, 4.69) is 22.0 Å². The van der Waals surface area contributed by atoms with Crippen molar-refractivity contribution in [1.82, 2.24) is 0 Å². The van der Waals surface area contributed by atoms with Gasteiger partial charge in [-0.25, -0.2) is 0 Å². The molecule has 0 aliphatic carbocycles. The summed E-state index contributed by atoms with van der Waals surface area (Å²) in [6, 6.07) is 15.9. The van der Waals surface area contributed by atoms with Gasteiger partial charge in [0.15, 0.2) is 0 Å². The average molecular weight is 350 g/mol. The second-order valence-electron chi connectivity index (χ2n) is 4.98. The summed E-state index contributed by atoms with van der Waals surface area (Å²) in [5, 5.41) is 0. The normalized spacial score (nSPS) is 12.0. The van der Waals surface area contributed by atoms with Crippen LogP contribution in [0.4, 0.5) is 0 Å². The third kappa shape index (κ3) is 5.78. The molecule has 0 heterocycles. The van der Waals surface area contributed by atoms with Gasteiger partial charge >= 0.3 is 0 Å². The smallest absolute Gasteiger partial charge is 0.122 e. The van der Waals surface area contributed by atoms with Crippen molar-refractivity contribution in [1.29, 1.82) is 0 Å². The average Bonchev–Trinajstić information content (AvgIpc) is 2.43. The summed E-state index contributed by atoms with van der Waals surface area (Å²) in [7, 11) is 0. The van der Waals surface area contributed by atoms with Crippen LogP contribution in [0.15, 0.2) is 53.0 Å². The Kier molecular flexibility index (Phi) is 6.08. The molecule has 1 unspecified atom stereocenters. The van der Waals surface area contributed by atoms with Gasteiger partial charge in [-0.3, -0.25) is 0 Å². The topological polar surface area (TPSA) is 44.5 Å². The zero-order chi connectivity index (χ0) is 15.1. The van der Waals surface area contributed by atoms with Crippen molar-refractivity contribution in [3.8, 4) is 11.5 Å². The fraction of sp³-hybridized carbons (Fsp3) is 0.294. The van der Waals surface area contributed by atoms with Crippen LogP contribution in [-0.4, -0.2) is 19.3 Å². The molecule has 0 aliphatic heterocycles. The van der Waals surface area contributed by atoms with Crippen LogP contribution >= 0.6 is 15.9 Å². The van der Waals surface area contributed by atoms with Gasteiger partial charge < -0.3 is 15.2 Å². The maximum Gasteiger partial charge on any atom is 0.122 e. The maximum atomic E-state index is 5.81. The lowest BCUT2D eigenvalue weighted by atomic mass is 10.1. The first-order valence-electron chi connectivity index (χ1n) is 6.99. The van der Waals surface area contributed by atoms with E-state index in [1.54, 1.807) is 0 Å². The van der Waals surface area contributed by atoms with Crippen LogP contribution < -0.4 is 15.2 Å². The number of hydrogen-bond donors (Lipinski definition) is 1. The second kappa shape index (κ2) is 8.05. The number of nitrogens with two attached hydrogens (primary N) is 1. The van der Waals surface area contributed by atoms with E-state index < -0.39 is 0 Å². The predicted octanol–water partition coefficient (Wildman–Crippen LogP) is 3.80. The number of rotatable bonds is 7. The van der Waals surface area contributed by atoms with E-state index in [-0.39, 0.29) is 6.04 Å². The molecule has 2 aromatic rings. The van der Waals surface area contributed by atoms with E-state index in [4.69, 9.17) is 15.2 Å². The highest BCUT2D eigenvalue weighted by Gasteiger charge is 2.01. The fourth-order valence-electron chi connectivity index (χ4n) is 2.01. The van der Waals surface area contributed by atoms with Crippen molar-refractivity contribution >= 4 is 15.9 Å². The molecule has 0 radical (unpaired) electrons. The first-order valence-corrected chi connectivity index (χ1v) is 7.78. The number of ether oxygens (including phenoxy) is 2. The number of halogens is 1. The Hall–Kier alpha value is -1.52. The van der Waals surface area contributed by atoms with Crippen LogP contribution in [0.1, 0.15) is 12.5 Å².